The molecule has 108 valence electrons. The molecule has 0 aliphatic heterocycles. The van der Waals surface area contributed by atoms with Gasteiger partial charge >= 0.3 is 16.3 Å². The van der Waals surface area contributed by atoms with Crippen molar-refractivity contribution in [2.24, 2.45) is 5.73 Å². The molecule has 8 heteroatoms. The van der Waals surface area contributed by atoms with Crippen molar-refractivity contribution in [3.63, 3.8) is 0 Å². The predicted octanol–water partition coefficient (Wildman–Crippen LogP) is 0.475. The summed E-state index contributed by atoms with van der Waals surface area (Å²) >= 11 is 0. The number of nitrogens with two attached hydrogens (primary N) is 1. The molecule has 4 N–H and O–H groups in total. The van der Waals surface area contributed by atoms with Crippen LogP contribution in [-0.2, 0) is 14.9 Å². The van der Waals surface area contributed by atoms with E-state index in [0.29, 0.717) is 13.0 Å². The molecule has 1 amide bonds. The number of ether oxygens (including phenoxy) is 1. The summed E-state index contributed by atoms with van der Waals surface area (Å²) in [4.78, 5) is 11.1. The van der Waals surface area contributed by atoms with E-state index in [9.17, 15) is 13.2 Å². The molecule has 0 atom stereocenters. The third-order valence-electron chi connectivity index (χ3n) is 1.98. The summed E-state index contributed by atoms with van der Waals surface area (Å²) < 4.78 is 31.4. The van der Waals surface area contributed by atoms with Gasteiger partial charge < -0.3 is 10.5 Å². The Hall–Kier alpha value is -0.860. The number of amides is 1. The molecule has 0 heterocycles. The first kappa shape index (κ1) is 17.1. The van der Waals surface area contributed by atoms with Gasteiger partial charge in [0.2, 0.25) is 0 Å². The molecule has 0 rings (SSSR count). The van der Waals surface area contributed by atoms with Gasteiger partial charge in [-0.05, 0) is 33.2 Å². The minimum absolute atomic E-state index is 0.287. The van der Waals surface area contributed by atoms with Crippen LogP contribution in [0.2, 0.25) is 0 Å². The minimum atomic E-state index is -3.82. The van der Waals surface area contributed by atoms with Crippen molar-refractivity contribution in [2.75, 3.05) is 13.1 Å². The molecular weight excluding hydrogens is 258 g/mol. The molecule has 0 radical (unpaired) electrons. The maximum absolute atomic E-state index is 11.4. The lowest BCUT2D eigenvalue weighted by Gasteiger charge is -2.10. The number of unbranched alkanes of at least 4 members (excludes halogenated alkanes) is 3. The molecule has 0 fully saturated rings. The Kier molecular flexibility index (Phi) is 8.69. The SMILES string of the molecule is CC(C)OC(=O)NS(=O)(=O)NCCCCCCN. The van der Waals surface area contributed by atoms with Crippen LogP contribution in [0.1, 0.15) is 39.5 Å². The molecule has 0 saturated heterocycles. The topological polar surface area (TPSA) is 111 Å². The first-order chi connectivity index (χ1) is 8.37. The highest BCUT2D eigenvalue weighted by Gasteiger charge is 2.15. The standard InChI is InChI=1S/C10H23N3O4S/c1-9(2)17-10(14)13-18(15,16)12-8-6-4-3-5-7-11/h9,12H,3-8,11H2,1-2H3,(H,13,14). The van der Waals surface area contributed by atoms with E-state index in [4.69, 9.17) is 5.73 Å². The van der Waals surface area contributed by atoms with Crippen molar-refractivity contribution < 1.29 is 17.9 Å². The molecule has 0 aliphatic rings. The van der Waals surface area contributed by atoms with Crippen LogP contribution in [0, 0.1) is 0 Å². The largest absolute Gasteiger partial charge is 0.446 e. The Morgan fingerprint density at radius 3 is 2.39 bits per heavy atom. The average molecular weight is 281 g/mol. The van der Waals surface area contributed by atoms with Gasteiger partial charge in [0, 0.05) is 6.54 Å². The number of rotatable bonds is 9. The highest BCUT2D eigenvalue weighted by atomic mass is 32.2. The Morgan fingerprint density at radius 2 is 1.83 bits per heavy atom. The van der Waals surface area contributed by atoms with Gasteiger partial charge in [-0.3, -0.25) is 0 Å². The lowest BCUT2D eigenvalue weighted by Crippen LogP contribution is -2.41. The van der Waals surface area contributed by atoms with Gasteiger partial charge in [-0.25, -0.2) is 9.52 Å². The predicted molar refractivity (Wildman–Crippen MR) is 69.2 cm³/mol. The minimum Gasteiger partial charge on any atom is -0.446 e. The molecule has 18 heavy (non-hydrogen) atoms. The van der Waals surface area contributed by atoms with E-state index in [-0.39, 0.29) is 12.6 Å². The summed E-state index contributed by atoms with van der Waals surface area (Å²) in [6.07, 6.45) is 2.18. The van der Waals surface area contributed by atoms with Gasteiger partial charge in [0.15, 0.2) is 0 Å². The molecule has 0 aromatic carbocycles. The number of hydrogen-bond donors (Lipinski definition) is 3. The monoisotopic (exact) mass is 281 g/mol. The van der Waals surface area contributed by atoms with Crippen molar-refractivity contribution in [1.82, 2.24) is 9.44 Å². The van der Waals surface area contributed by atoms with E-state index in [1.54, 1.807) is 18.6 Å². The molecule has 0 unspecified atom stereocenters. The van der Waals surface area contributed by atoms with Gasteiger partial charge in [0.25, 0.3) is 0 Å². The summed E-state index contributed by atoms with van der Waals surface area (Å²) in [5.74, 6) is 0. The maximum atomic E-state index is 11.4. The Labute approximate surface area is 109 Å². The van der Waals surface area contributed by atoms with Crippen molar-refractivity contribution in [1.29, 1.82) is 0 Å². The normalized spacial score (nSPS) is 11.6. The number of hydrogen-bond acceptors (Lipinski definition) is 5. The zero-order valence-corrected chi connectivity index (χ0v) is 11.8. The van der Waals surface area contributed by atoms with Crippen LogP contribution in [0.5, 0.6) is 0 Å². The van der Waals surface area contributed by atoms with Crippen molar-refractivity contribution >= 4 is 16.3 Å². The van der Waals surface area contributed by atoms with Crippen LogP contribution in [0.15, 0.2) is 0 Å². The average Bonchev–Trinajstić information content (AvgIpc) is 2.20. The molecule has 0 saturated carbocycles. The summed E-state index contributed by atoms with van der Waals surface area (Å²) in [5.41, 5.74) is 5.33. The van der Waals surface area contributed by atoms with E-state index < -0.39 is 16.3 Å². The molecule has 0 aliphatic carbocycles. The van der Waals surface area contributed by atoms with E-state index in [1.165, 1.54) is 0 Å². The van der Waals surface area contributed by atoms with E-state index in [0.717, 1.165) is 19.3 Å². The first-order valence-electron chi connectivity index (χ1n) is 6.05. The summed E-state index contributed by atoms with van der Waals surface area (Å²) in [7, 11) is -3.82. The van der Waals surface area contributed by atoms with Crippen LogP contribution in [0.4, 0.5) is 4.79 Å². The molecule has 0 spiro atoms. The highest BCUT2D eigenvalue weighted by Crippen LogP contribution is 1.97. The fourth-order valence-electron chi connectivity index (χ4n) is 1.21. The lowest BCUT2D eigenvalue weighted by molar-refractivity contribution is 0.121. The fourth-order valence-corrected chi connectivity index (χ4v) is 1.97. The maximum Gasteiger partial charge on any atom is 0.422 e. The van der Waals surface area contributed by atoms with E-state index in [1.807, 2.05) is 0 Å². The smallest absolute Gasteiger partial charge is 0.422 e. The first-order valence-corrected chi connectivity index (χ1v) is 7.54. The third-order valence-corrected chi connectivity index (χ3v) is 3.00. The molecule has 0 bridgehead atoms. The molecular formula is C10H23N3O4S. The number of carbonyl (C=O) groups is 1. The van der Waals surface area contributed by atoms with Crippen LogP contribution in [0.25, 0.3) is 0 Å². The second kappa shape index (κ2) is 9.12. The Balaban J connectivity index is 3.77. The number of nitrogens with one attached hydrogen (secondary N) is 2. The Bertz CT molecular complexity index is 330. The van der Waals surface area contributed by atoms with Gasteiger partial charge in [-0.1, -0.05) is 12.8 Å². The van der Waals surface area contributed by atoms with Crippen molar-refractivity contribution in [3.8, 4) is 0 Å². The van der Waals surface area contributed by atoms with Crippen LogP contribution in [0.3, 0.4) is 0 Å². The molecule has 7 nitrogen and oxygen atoms in total. The summed E-state index contributed by atoms with van der Waals surface area (Å²) in [5, 5.41) is 0. The number of carbonyl (C=O) groups excluding carboxylic acids is 1. The molecule has 0 aromatic heterocycles. The zero-order valence-electron chi connectivity index (χ0n) is 10.9. The quantitative estimate of drug-likeness (QED) is 0.532. The van der Waals surface area contributed by atoms with Gasteiger partial charge in [-0.2, -0.15) is 13.1 Å². The van der Waals surface area contributed by atoms with Gasteiger partial charge in [0.1, 0.15) is 0 Å². The second-order valence-electron chi connectivity index (χ2n) is 4.16. The van der Waals surface area contributed by atoms with E-state index >= 15 is 0 Å². The fraction of sp³-hybridized carbons (Fsp3) is 0.900. The highest BCUT2D eigenvalue weighted by molar-refractivity contribution is 7.88. The van der Waals surface area contributed by atoms with Crippen LogP contribution in [-0.4, -0.2) is 33.7 Å². The van der Waals surface area contributed by atoms with Crippen LogP contribution >= 0.6 is 0 Å². The summed E-state index contributed by atoms with van der Waals surface area (Å²) in [6.45, 7) is 4.21. The van der Waals surface area contributed by atoms with Gasteiger partial charge in [-0.15, -0.1) is 0 Å². The van der Waals surface area contributed by atoms with Crippen molar-refractivity contribution in [2.45, 2.75) is 45.6 Å². The van der Waals surface area contributed by atoms with E-state index in [2.05, 4.69) is 9.46 Å². The zero-order chi connectivity index (χ0) is 14.0. The van der Waals surface area contributed by atoms with Gasteiger partial charge in [0.05, 0.1) is 6.10 Å². The Morgan fingerprint density at radius 1 is 1.22 bits per heavy atom. The molecule has 0 aromatic rings. The van der Waals surface area contributed by atoms with Crippen LogP contribution < -0.4 is 15.2 Å². The lowest BCUT2D eigenvalue weighted by atomic mass is 10.2. The second-order valence-corrected chi connectivity index (χ2v) is 5.66. The van der Waals surface area contributed by atoms with Crippen molar-refractivity contribution in [3.05, 3.63) is 0 Å². The third kappa shape index (κ3) is 10.3. The summed E-state index contributed by atoms with van der Waals surface area (Å²) in [6, 6.07) is 0.